The van der Waals surface area contributed by atoms with E-state index in [2.05, 4.69) is 112 Å². The van der Waals surface area contributed by atoms with Gasteiger partial charge in [0.2, 0.25) is 0 Å². The lowest BCUT2D eigenvalue weighted by molar-refractivity contribution is 0.448. The highest BCUT2D eigenvalue weighted by Crippen LogP contribution is 2.23. The van der Waals surface area contributed by atoms with E-state index < -0.39 is 0 Å². The van der Waals surface area contributed by atoms with Gasteiger partial charge in [0.05, 0.1) is 18.1 Å². The molecule has 0 radical (unpaired) electrons. The fraction of sp³-hybridized carbons (Fsp3) is 0.194. The van der Waals surface area contributed by atoms with Gasteiger partial charge >= 0.3 is 0 Å². The molecule has 1 aliphatic heterocycles. The summed E-state index contributed by atoms with van der Waals surface area (Å²) in [7, 11) is 1.88. The molecule has 3 aromatic rings. The van der Waals surface area contributed by atoms with Crippen LogP contribution < -0.4 is 27.2 Å². The second-order valence-electron chi connectivity index (χ2n) is 8.85. The van der Waals surface area contributed by atoms with Crippen LogP contribution in [-0.2, 0) is 0 Å². The maximum Gasteiger partial charge on any atom is 0.120 e. The molecule has 6 heteroatoms. The summed E-state index contributed by atoms with van der Waals surface area (Å²) in [4.78, 5) is 4.60. The molecule has 1 aliphatic rings. The maximum atomic E-state index is 5.85. The molecule has 6 N–H and O–H groups in total. The topological polar surface area (TPSA) is 86.5 Å². The van der Waals surface area contributed by atoms with Crippen molar-refractivity contribution in [3.05, 3.63) is 132 Å². The lowest BCUT2D eigenvalue weighted by atomic mass is 9.98. The predicted molar refractivity (Wildman–Crippen MR) is 155 cm³/mol. The summed E-state index contributed by atoms with van der Waals surface area (Å²) in [6, 6.07) is 31.2. The Morgan fingerprint density at radius 2 is 1.54 bits per heavy atom. The molecular formula is C31H36N6. The Bertz CT molecular complexity index is 1250. The van der Waals surface area contributed by atoms with Crippen LogP contribution in [0.5, 0.6) is 0 Å². The number of nitrogens with one attached hydrogen (secondary N) is 4. The quantitative estimate of drug-likeness (QED) is 0.214. The molecule has 190 valence electrons. The molecule has 0 aromatic heterocycles. The predicted octanol–water partition coefficient (Wildman–Crippen LogP) is 4.42. The van der Waals surface area contributed by atoms with Crippen molar-refractivity contribution in [2.24, 2.45) is 10.7 Å². The molecule has 6 nitrogen and oxygen atoms in total. The van der Waals surface area contributed by atoms with Crippen LogP contribution in [0.4, 0.5) is 0 Å². The first-order chi connectivity index (χ1) is 18.2. The largest absolute Gasteiger partial charge is 0.365 e. The molecule has 0 fully saturated rings. The molecule has 2 atom stereocenters. The number of nitrogens with zero attached hydrogens (tertiary/aromatic N) is 1. The van der Waals surface area contributed by atoms with Gasteiger partial charge in [-0.2, -0.15) is 0 Å². The van der Waals surface area contributed by atoms with Gasteiger partial charge in [0, 0.05) is 18.8 Å². The van der Waals surface area contributed by atoms with Crippen LogP contribution in [0.1, 0.15) is 30.0 Å². The fourth-order valence-electron chi connectivity index (χ4n) is 4.38. The highest BCUT2D eigenvalue weighted by Gasteiger charge is 2.22. The zero-order chi connectivity index (χ0) is 25.9. The fourth-order valence-corrected chi connectivity index (χ4v) is 4.38. The van der Waals surface area contributed by atoms with E-state index >= 15 is 0 Å². The number of hydrazine groups is 1. The minimum absolute atomic E-state index is 0.0917. The average Bonchev–Trinajstić information content (AvgIpc) is 2.95. The van der Waals surface area contributed by atoms with E-state index in [4.69, 9.17) is 5.73 Å². The molecule has 37 heavy (non-hydrogen) atoms. The molecule has 0 bridgehead atoms. The van der Waals surface area contributed by atoms with Gasteiger partial charge in [-0.3, -0.25) is 10.3 Å². The monoisotopic (exact) mass is 492 g/mol. The van der Waals surface area contributed by atoms with Crippen molar-refractivity contribution < 1.29 is 0 Å². The molecule has 4 rings (SSSR count). The summed E-state index contributed by atoms with van der Waals surface area (Å²) in [6.45, 7) is 2.39. The molecule has 1 heterocycles. The highest BCUT2D eigenvalue weighted by atomic mass is 15.4. The molecule has 0 saturated heterocycles. The lowest BCUT2D eigenvalue weighted by Crippen LogP contribution is -2.53. The third-order valence-electron chi connectivity index (χ3n) is 6.14. The number of nitrogens with two attached hydrogens (primary N) is 1. The van der Waals surface area contributed by atoms with E-state index in [0.717, 1.165) is 33.8 Å². The van der Waals surface area contributed by atoms with E-state index in [1.165, 1.54) is 5.56 Å². The Labute approximate surface area is 220 Å². The smallest absolute Gasteiger partial charge is 0.120 e. The van der Waals surface area contributed by atoms with Gasteiger partial charge in [0.25, 0.3) is 0 Å². The summed E-state index contributed by atoms with van der Waals surface area (Å²) in [5.41, 5.74) is 19.8. The Kier molecular flexibility index (Phi) is 9.43. The molecular weight excluding hydrogens is 456 g/mol. The zero-order valence-electron chi connectivity index (χ0n) is 21.5. The number of hydrogen-bond acceptors (Lipinski definition) is 6. The van der Waals surface area contributed by atoms with E-state index in [1.54, 1.807) is 0 Å². The SMILES string of the molecule is CNN/C(=C\C/C(=C\C(=N/CN)c1ccccc1)c1ccccc1)C1NC(c2ccccc2)=CC(C)N1. The van der Waals surface area contributed by atoms with Crippen LogP contribution in [0.15, 0.2) is 120 Å². The third-order valence-corrected chi connectivity index (χ3v) is 6.14. The number of hydrogen-bond donors (Lipinski definition) is 5. The Hall–Kier alpha value is -3.97. The summed E-state index contributed by atoms with van der Waals surface area (Å²) in [5.74, 6) is 0. The number of aliphatic imine (C=N–C) groups is 1. The van der Waals surface area contributed by atoms with Crippen molar-refractivity contribution in [3.8, 4) is 0 Å². The van der Waals surface area contributed by atoms with Crippen LogP contribution in [-0.4, -0.2) is 31.6 Å². The first-order valence-corrected chi connectivity index (χ1v) is 12.7. The second kappa shape index (κ2) is 13.4. The summed E-state index contributed by atoms with van der Waals surface area (Å²) in [5, 5.41) is 7.29. The number of benzene rings is 3. The maximum absolute atomic E-state index is 5.85. The lowest BCUT2D eigenvalue weighted by Gasteiger charge is -2.33. The second-order valence-corrected chi connectivity index (χ2v) is 8.85. The van der Waals surface area contributed by atoms with Gasteiger partial charge in [0.15, 0.2) is 0 Å². The molecule has 3 aromatic carbocycles. The number of allylic oxidation sites excluding steroid dienone is 3. The third kappa shape index (κ3) is 7.27. The molecule has 0 amide bonds. The van der Waals surface area contributed by atoms with Crippen molar-refractivity contribution in [1.29, 1.82) is 0 Å². The van der Waals surface area contributed by atoms with Crippen molar-refractivity contribution in [3.63, 3.8) is 0 Å². The van der Waals surface area contributed by atoms with Crippen LogP contribution in [0.2, 0.25) is 0 Å². The standard InChI is InChI=1S/C31H36N6/c1-23-20-30(26-16-10-5-11-17-26)36-31(35-23)28(37-33-2)19-18-27(24-12-6-3-7-13-24)21-29(34-22-32)25-14-8-4-9-15-25/h3-17,19-21,23,31,33,35-37H,18,22,32H2,1-2H3/b27-21+,28-19-,34-29+. The Morgan fingerprint density at radius 1 is 0.919 bits per heavy atom. The molecule has 2 unspecified atom stereocenters. The summed E-state index contributed by atoms with van der Waals surface area (Å²) in [6.07, 6.45) is 7.18. The normalized spacial score (nSPS) is 18.7. The Morgan fingerprint density at radius 3 is 2.16 bits per heavy atom. The summed E-state index contributed by atoms with van der Waals surface area (Å²) < 4.78 is 0. The van der Waals surface area contributed by atoms with E-state index in [-0.39, 0.29) is 18.9 Å². The van der Waals surface area contributed by atoms with Gasteiger partial charge in [-0.05, 0) is 47.8 Å². The van der Waals surface area contributed by atoms with E-state index in [1.807, 2.05) is 37.4 Å². The van der Waals surface area contributed by atoms with E-state index in [0.29, 0.717) is 6.42 Å². The van der Waals surface area contributed by atoms with Gasteiger partial charge in [0.1, 0.15) is 6.17 Å². The first kappa shape index (κ1) is 26.1. The van der Waals surface area contributed by atoms with Crippen LogP contribution in [0.25, 0.3) is 11.3 Å². The van der Waals surface area contributed by atoms with Gasteiger partial charge < -0.3 is 16.5 Å². The van der Waals surface area contributed by atoms with Crippen LogP contribution in [0.3, 0.4) is 0 Å². The zero-order valence-corrected chi connectivity index (χ0v) is 21.5. The van der Waals surface area contributed by atoms with Crippen molar-refractivity contribution in [2.45, 2.75) is 25.6 Å². The van der Waals surface area contributed by atoms with Gasteiger partial charge in [-0.25, -0.2) is 5.43 Å². The van der Waals surface area contributed by atoms with Gasteiger partial charge in [-0.1, -0.05) is 97.1 Å². The minimum atomic E-state index is -0.0917. The van der Waals surface area contributed by atoms with E-state index in [9.17, 15) is 0 Å². The van der Waals surface area contributed by atoms with Gasteiger partial charge in [-0.15, -0.1) is 0 Å². The Balaban J connectivity index is 1.66. The van der Waals surface area contributed by atoms with Crippen LogP contribution in [0, 0.1) is 0 Å². The highest BCUT2D eigenvalue weighted by molar-refractivity contribution is 6.12. The van der Waals surface area contributed by atoms with Crippen molar-refractivity contribution in [1.82, 2.24) is 21.5 Å². The molecule has 0 aliphatic carbocycles. The molecule has 0 spiro atoms. The minimum Gasteiger partial charge on any atom is -0.365 e. The first-order valence-electron chi connectivity index (χ1n) is 12.7. The summed E-state index contributed by atoms with van der Waals surface area (Å²) >= 11 is 0. The number of rotatable bonds is 10. The van der Waals surface area contributed by atoms with Crippen molar-refractivity contribution >= 4 is 17.0 Å². The van der Waals surface area contributed by atoms with Crippen LogP contribution >= 0.6 is 0 Å². The average molecular weight is 493 g/mol. The van der Waals surface area contributed by atoms with Crippen molar-refractivity contribution in [2.75, 3.05) is 13.7 Å². The molecule has 0 saturated carbocycles.